The van der Waals surface area contributed by atoms with Gasteiger partial charge in [-0.25, -0.2) is 4.39 Å². The van der Waals surface area contributed by atoms with Crippen molar-refractivity contribution in [3.8, 4) is 11.1 Å². The lowest BCUT2D eigenvalue weighted by atomic mass is 9.95. The van der Waals surface area contributed by atoms with E-state index < -0.39 is 0 Å². The van der Waals surface area contributed by atoms with Crippen LogP contribution in [0.4, 0.5) is 4.39 Å². The zero-order valence-corrected chi connectivity index (χ0v) is 16.5. The Labute approximate surface area is 167 Å². The first-order valence-corrected chi connectivity index (χ1v) is 10.5. The Kier molecular flexibility index (Phi) is 5.71. The summed E-state index contributed by atoms with van der Waals surface area (Å²) in [4.78, 5) is 0. The first-order valence-electron chi connectivity index (χ1n) is 10.5. The molecule has 0 radical (unpaired) electrons. The monoisotopic (exact) mass is 370 g/mol. The summed E-state index contributed by atoms with van der Waals surface area (Å²) in [6.07, 6.45) is 7.78. The molecule has 0 saturated heterocycles. The van der Waals surface area contributed by atoms with Crippen molar-refractivity contribution >= 4 is 21.5 Å². The second kappa shape index (κ2) is 8.56. The van der Waals surface area contributed by atoms with Crippen LogP contribution in [0.3, 0.4) is 0 Å². The molecule has 0 heterocycles. The SMILES string of the molecule is CCCCCCCc1ccc2c(ccc3cc(-c4ccc(F)cc4)ccc32)c1. The number of aryl methyl sites for hydroxylation is 1. The molecule has 4 aromatic carbocycles. The zero-order valence-electron chi connectivity index (χ0n) is 16.5. The summed E-state index contributed by atoms with van der Waals surface area (Å²) in [5.74, 6) is -0.197. The molecule has 28 heavy (non-hydrogen) atoms. The molecule has 0 aliphatic carbocycles. The Morgan fingerprint density at radius 2 is 1.25 bits per heavy atom. The van der Waals surface area contributed by atoms with E-state index in [0.29, 0.717) is 0 Å². The van der Waals surface area contributed by atoms with Crippen LogP contribution in [0.1, 0.15) is 44.6 Å². The number of fused-ring (bicyclic) bond motifs is 3. The molecule has 0 aliphatic rings. The predicted molar refractivity (Wildman–Crippen MR) is 119 cm³/mol. The van der Waals surface area contributed by atoms with Gasteiger partial charge in [0.05, 0.1) is 0 Å². The number of rotatable bonds is 7. The Morgan fingerprint density at radius 3 is 2.00 bits per heavy atom. The number of benzene rings is 4. The van der Waals surface area contributed by atoms with Crippen molar-refractivity contribution in [1.29, 1.82) is 0 Å². The third kappa shape index (κ3) is 4.09. The van der Waals surface area contributed by atoms with Gasteiger partial charge in [-0.15, -0.1) is 0 Å². The van der Waals surface area contributed by atoms with Gasteiger partial charge in [-0.3, -0.25) is 0 Å². The average molecular weight is 371 g/mol. The second-order valence-corrected chi connectivity index (χ2v) is 7.73. The maximum Gasteiger partial charge on any atom is 0.123 e. The van der Waals surface area contributed by atoms with Crippen LogP contribution in [0.25, 0.3) is 32.7 Å². The summed E-state index contributed by atoms with van der Waals surface area (Å²) in [7, 11) is 0. The van der Waals surface area contributed by atoms with Gasteiger partial charge >= 0.3 is 0 Å². The molecule has 0 N–H and O–H groups in total. The normalized spacial score (nSPS) is 11.4. The molecule has 0 amide bonds. The Hall–Kier alpha value is -2.67. The molecule has 0 aliphatic heterocycles. The maximum atomic E-state index is 13.2. The number of unbranched alkanes of at least 4 members (excludes halogenated alkanes) is 4. The van der Waals surface area contributed by atoms with Gasteiger partial charge in [-0.1, -0.05) is 87.2 Å². The molecule has 0 fully saturated rings. The molecule has 1 heteroatoms. The minimum atomic E-state index is -0.197. The van der Waals surface area contributed by atoms with Crippen LogP contribution in [0.15, 0.2) is 72.8 Å². The van der Waals surface area contributed by atoms with E-state index in [-0.39, 0.29) is 5.82 Å². The third-order valence-electron chi connectivity index (χ3n) is 5.65. The molecule has 142 valence electrons. The highest BCUT2D eigenvalue weighted by Crippen LogP contribution is 2.30. The van der Waals surface area contributed by atoms with Gasteiger partial charge in [0, 0.05) is 0 Å². The fourth-order valence-electron chi connectivity index (χ4n) is 4.03. The van der Waals surface area contributed by atoms with E-state index in [0.717, 1.165) is 11.1 Å². The standard InChI is InChI=1S/C27H27F/c1-2-3-4-5-6-7-20-8-16-26-23(18-20)9-10-24-19-22(13-17-27(24)26)21-11-14-25(28)15-12-21/h8-19H,2-7H2,1H3. The molecule has 0 unspecified atom stereocenters. The van der Waals surface area contributed by atoms with Crippen molar-refractivity contribution in [1.82, 2.24) is 0 Å². The van der Waals surface area contributed by atoms with Gasteiger partial charge in [0.1, 0.15) is 5.82 Å². The van der Waals surface area contributed by atoms with Gasteiger partial charge in [0.15, 0.2) is 0 Å². The number of hydrogen-bond acceptors (Lipinski definition) is 0. The summed E-state index contributed by atoms with van der Waals surface area (Å²) >= 11 is 0. The van der Waals surface area contributed by atoms with E-state index >= 15 is 0 Å². The molecule has 4 aromatic rings. The highest BCUT2D eigenvalue weighted by atomic mass is 19.1. The topological polar surface area (TPSA) is 0 Å². The number of hydrogen-bond donors (Lipinski definition) is 0. The molecule has 0 saturated carbocycles. The predicted octanol–water partition coefficient (Wildman–Crippen LogP) is 8.31. The maximum absolute atomic E-state index is 13.2. The highest BCUT2D eigenvalue weighted by Gasteiger charge is 2.05. The molecule has 0 spiro atoms. The van der Waals surface area contributed by atoms with Crippen molar-refractivity contribution in [2.24, 2.45) is 0 Å². The minimum Gasteiger partial charge on any atom is -0.207 e. The molecule has 4 rings (SSSR count). The van der Waals surface area contributed by atoms with Gasteiger partial charge < -0.3 is 0 Å². The van der Waals surface area contributed by atoms with Gasteiger partial charge in [0.25, 0.3) is 0 Å². The van der Waals surface area contributed by atoms with Crippen LogP contribution in [0.5, 0.6) is 0 Å². The summed E-state index contributed by atoms with van der Waals surface area (Å²) in [5.41, 5.74) is 3.60. The fourth-order valence-corrected chi connectivity index (χ4v) is 4.03. The van der Waals surface area contributed by atoms with E-state index in [2.05, 4.69) is 55.5 Å². The van der Waals surface area contributed by atoms with Gasteiger partial charge in [-0.05, 0) is 69.3 Å². The summed E-state index contributed by atoms with van der Waals surface area (Å²) < 4.78 is 13.2. The fraction of sp³-hybridized carbons (Fsp3) is 0.259. The van der Waals surface area contributed by atoms with Crippen molar-refractivity contribution in [2.45, 2.75) is 45.4 Å². The van der Waals surface area contributed by atoms with E-state index in [1.807, 2.05) is 12.1 Å². The molecule has 0 atom stereocenters. The first-order chi connectivity index (χ1) is 13.7. The van der Waals surface area contributed by atoms with E-state index in [1.165, 1.54) is 77.8 Å². The zero-order chi connectivity index (χ0) is 19.3. The third-order valence-corrected chi connectivity index (χ3v) is 5.65. The van der Waals surface area contributed by atoms with Crippen molar-refractivity contribution in [3.05, 3.63) is 84.2 Å². The number of halogens is 1. The van der Waals surface area contributed by atoms with Crippen molar-refractivity contribution < 1.29 is 4.39 Å². The van der Waals surface area contributed by atoms with Crippen LogP contribution >= 0.6 is 0 Å². The van der Waals surface area contributed by atoms with Crippen LogP contribution < -0.4 is 0 Å². The molecule has 0 aromatic heterocycles. The summed E-state index contributed by atoms with van der Waals surface area (Å²) in [5, 5.41) is 5.12. The lowest BCUT2D eigenvalue weighted by Crippen LogP contribution is -1.87. The van der Waals surface area contributed by atoms with Crippen LogP contribution in [0, 0.1) is 5.82 Å². The lowest BCUT2D eigenvalue weighted by molar-refractivity contribution is 0.628. The minimum absolute atomic E-state index is 0.197. The van der Waals surface area contributed by atoms with Crippen molar-refractivity contribution in [2.75, 3.05) is 0 Å². The highest BCUT2D eigenvalue weighted by molar-refractivity contribution is 6.08. The van der Waals surface area contributed by atoms with E-state index in [1.54, 1.807) is 0 Å². The smallest absolute Gasteiger partial charge is 0.123 e. The first kappa shape index (κ1) is 18.7. The molecular formula is C27H27F. The van der Waals surface area contributed by atoms with Crippen LogP contribution in [0.2, 0.25) is 0 Å². The molecule has 0 bridgehead atoms. The molecular weight excluding hydrogens is 343 g/mol. The Balaban J connectivity index is 1.59. The van der Waals surface area contributed by atoms with Gasteiger partial charge in [0.2, 0.25) is 0 Å². The summed E-state index contributed by atoms with van der Waals surface area (Å²) in [6, 6.07) is 24.6. The second-order valence-electron chi connectivity index (χ2n) is 7.73. The van der Waals surface area contributed by atoms with Crippen LogP contribution in [-0.2, 0) is 6.42 Å². The summed E-state index contributed by atoms with van der Waals surface area (Å²) in [6.45, 7) is 2.26. The van der Waals surface area contributed by atoms with Gasteiger partial charge in [-0.2, -0.15) is 0 Å². The van der Waals surface area contributed by atoms with Crippen LogP contribution in [-0.4, -0.2) is 0 Å². The Bertz CT molecular complexity index is 1080. The quantitative estimate of drug-likeness (QED) is 0.227. The van der Waals surface area contributed by atoms with E-state index in [4.69, 9.17) is 0 Å². The molecule has 0 nitrogen and oxygen atoms in total. The largest absolute Gasteiger partial charge is 0.207 e. The Morgan fingerprint density at radius 1 is 0.607 bits per heavy atom. The van der Waals surface area contributed by atoms with E-state index in [9.17, 15) is 4.39 Å². The average Bonchev–Trinajstić information content (AvgIpc) is 2.73. The van der Waals surface area contributed by atoms with Crippen molar-refractivity contribution in [3.63, 3.8) is 0 Å². The lowest BCUT2D eigenvalue weighted by Gasteiger charge is -2.09.